The third-order valence-electron chi connectivity index (χ3n) is 4.84. The van der Waals surface area contributed by atoms with Crippen molar-refractivity contribution in [3.8, 4) is 0 Å². The lowest BCUT2D eigenvalue weighted by atomic mass is 10.2. The number of carboxylic acid groups (broad SMARTS) is 2. The first-order chi connectivity index (χ1) is 17.8. The zero-order valence-corrected chi connectivity index (χ0v) is 20.3. The smallest absolute Gasteiger partial charge is 0.475 e. The maximum atomic E-state index is 10.6. The lowest BCUT2D eigenvalue weighted by Gasteiger charge is -2.23. The Morgan fingerprint density at radius 3 is 2.18 bits per heavy atom. The van der Waals surface area contributed by atoms with Crippen molar-refractivity contribution in [1.29, 1.82) is 0 Å². The van der Waals surface area contributed by atoms with E-state index in [0.29, 0.717) is 6.61 Å². The molecule has 1 aliphatic rings. The molecule has 38 heavy (non-hydrogen) atoms. The molecule has 0 bridgehead atoms. The van der Waals surface area contributed by atoms with Gasteiger partial charge >= 0.3 is 24.3 Å². The van der Waals surface area contributed by atoms with Crippen LogP contribution in [-0.2, 0) is 40.6 Å². The first-order valence-corrected chi connectivity index (χ1v) is 11.7. The van der Waals surface area contributed by atoms with E-state index < -0.39 is 24.3 Å². The van der Waals surface area contributed by atoms with Crippen LogP contribution in [0.4, 0.5) is 26.3 Å². The van der Waals surface area contributed by atoms with Crippen LogP contribution >= 0.6 is 11.3 Å². The van der Waals surface area contributed by atoms with Gasteiger partial charge in [-0.3, -0.25) is 9.88 Å². The Labute approximate surface area is 216 Å². The van der Waals surface area contributed by atoms with Gasteiger partial charge in [0.2, 0.25) is 0 Å². The Hall–Kier alpha value is -3.43. The number of alkyl halides is 6. The molecule has 4 heterocycles. The number of hydrogen-bond acceptors (Lipinski definition) is 6. The lowest BCUT2D eigenvalue weighted by molar-refractivity contribution is -0.193. The van der Waals surface area contributed by atoms with Gasteiger partial charge in [0.05, 0.1) is 18.4 Å². The summed E-state index contributed by atoms with van der Waals surface area (Å²) in [5, 5.41) is 18.6. The first-order valence-electron chi connectivity index (χ1n) is 10.7. The first kappa shape index (κ1) is 30.8. The van der Waals surface area contributed by atoms with Gasteiger partial charge in [0, 0.05) is 44.3 Å². The third kappa shape index (κ3) is 10.9. The predicted molar refractivity (Wildman–Crippen MR) is 123 cm³/mol. The maximum absolute atomic E-state index is 10.6. The minimum Gasteiger partial charge on any atom is -0.475 e. The standard InChI is InChI=1S/C19H21N3OS.2C2HF3O2/c1-2-7-20-17(4-1)14-23-19-12-21(10-16-6-9-24-15-16)11-18-5-3-8-22(18)13-19;2*3-2(4,5)1(6)7/h1-9,15,19H,10-14H2;2*(H,6,7). The largest absolute Gasteiger partial charge is 0.490 e. The van der Waals surface area contributed by atoms with Crippen molar-refractivity contribution >= 4 is 23.3 Å². The van der Waals surface area contributed by atoms with Crippen LogP contribution in [0.5, 0.6) is 0 Å². The van der Waals surface area contributed by atoms with E-state index in [1.165, 1.54) is 11.3 Å². The van der Waals surface area contributed by atoms with Gasteiger partial charge in [-0.1, -0.05) is 6.07 Å². The monoisotopic (exact) mass is 567 g/mol. The number of halogens is 6. The molecule has 3 aromatic rings. The van der Waals surface area contributed by atoms with E-state index in [0.717, 1.165) is 31.9 Å². The van der Waals surface area contributed by atoms with E-state index in [9.17, 15) is 26.3 Å². The number of fused-ring (bicyclic) bond motifs is 1. The molecule has 4 rings (SSSR count). The molecule has 15 heteroatoms. The molecule has 0 aliphatic carbocycles. The predicted octanol–water partition coefficient (Wildman–Crippen LogP) is 4.81. The van der Waals surface area contributed by atoms with Crippen LogP contribution in [0, 0.1) is 0 Å². The van der Waals surface area contributed by atoms with Crippen molar-refractivity contribution in [2.75, 3.05) is 6.54 Å². The number of thiophene rings is 1. The minimum atomic E-state index is -5.08. The minimum absolute atomic E-state index is 0.166. The fourth-order valence-electron chi connectivity index (χ4n) is 3.18. The summed E-state index contributed by atoms with van der Waals surface area (Å²) in [5.41, 5.74) is 3.72. The van der Waals surface area contributed by atoms with Gasteiger partial charge in [-0.25, -0.2) is 9.59 Å². The Kier molecular flexibility index (Phi) is 11.3. The molecule has 0 radical (unpaired) electrons. The van der Waals surface area contributed by atoms with Gasteiger partial charge in [-0.2, -0.15) is 37.7 Å². The molecule has 1 atom stereocenters. The Morgan fingerprint density at radius 1 is 1.00 bits per heavy atom. The Bertz CT molecular complexity index is 1110. The SMILES string of the molecule is O=C(O)C(F)(F)F.O=C(O)C(F)(F)F.c1ccc(COC2CN(Cc3ccsc3)Cc3cccn3C2)nc1. The van der Waals surface area contributed by atoms with Crippen molar-refractivity contribution < 1.29 is 50.9 Å². The second-order valence-corrected chi connectivity index (χ2v) is 8.59. The number of pyridine rings is 1. The average Bonchev–Trinajstić information content (AvgIpc) is 3.47. The summed E-state index contributed by atoms with van der Waals surface area (Å²) >= 11 is 1.76. The van der Waals surface area contributed by atoms with Gasteiger partial charge in [-0.05, 0) is 46.7 Å². The van der Waals surface area contributed by atoms with Crippen LogP contribution in [0.25, 0.3) is 0 Å². The molecular weight excluding hydrogens is 544 g/mol. The summed E-state index contributed by atoms with van der Waals surface area (Å²) in [7, 11) is 0. The molecule has 0 saturated heterocycles. The fraction of sp³-hybridized carbons (Fsp3) is 0.348. The van der Waals surface area contributed by atoms with Crippen LogP contribution in [0.2, 0.25) is 0 Å². The van der Waals surface area contributed by atoms with E-state index in [4.69, 9.17) is 24.5 Å². The van der Waals surface area contributed by atoms with Crippen LogP contribution in [-0.4, -0.2) is 61.6 Å². The summed E-state index contributed by atoms with van der Waals surface area (Å²) in [6.45, 7) is 4.33. The molecule has 0 spiro atoms. The Balaban J connectivity index is 0.000000301. The molecule has 3 aromatic heterocycles. The molecule has 1 unspecified atom stereocenters. The van der Waals surface area contributed by atoms with Crippen molar-refractivity contribution in [1.82, 2.24) is 14.5 Å². The quantitative estimate of drug-likeness (QED) is 0.427. The molecule has 1 aliphatic heterocycles. The molecule has 208 valence electrons. The second kappa shape index (κ2) is 13.9. The number of nitrogens with zero attached hydrogens (tertiary/aromatic N) is 3. The van der Waals surface area contributed by atoms with E-state index in [1.807, 2.05) is 24.4 Å². The molecular formula is C23H23F6N3O5S. The normalized spacial score (nSPS) is 15.7. The van der Waals surface area contributed by atoms with Crippen LogP contribution in [0.3, 0.4) is 0 Å². The molecule has 0 fully saturated rings. The summed E-state index contributed by atoms with van der Waals surface area (Å²) in [6.07, 6.45) is -6.03. The van der Waals surface area contributed by atoms with Crippen molar-refractivity contribution in [2.45, 2.75) is 44.7 Å². The van der Waals surface area contributed by atoms with Crippen molar-refractivity contribution in [3.05, 3.63) is 76.5 Å². The highest BCUT2D eigenvalue weighted by molar-refractivity contribution is 7.07. The molecule has 0 saturated carbocycles. The number of carbonyl (C=O) groups is 2. The van der Waals surface area contributed by atoms with E-state index in [-0.39, 0.29) is 6.10 Å². The fourth-order valence-corrected chi connectivity index (χ4v) is 3.84. The van der Waals surface area contributed by atoms with Crippen molar-refractivity contribution in [2.24, 2.45) is 0 Å². The number of rotatable bonds is 5. The van der Waals surface area contributed by atoms with Crippen LogP contribution in [0.15, 0.2) is 59.6 Å². The Morgan fingerprint density at radius 2 is 1.66 bits per heavy atom. The topological polar surface area (TPSA) is 105 Å². The summed E-state index contributed by atoms with van der Waals surface area (Å²) in [5.74, 6) is -5.51. The molecule has 0 amide bonds. The van der Waals surface area contributed by atoms with Crippen LogP contribution in [0.1, 0.15) is 17.0 Å². The van der Waals surface area contributed by atoms with E-state index in [2.05, 4.69) is 49.6 Å². The lowest BCUT2D eigenvalue weighted by Crippen LogP contribution is -2.32. The van der Waals surface area contributed by atoms with Gasteiger partial charge in [0.25, 0.3) is 0 Å². The molecule has 0 aromatic carbocycles. The second-order valence-electron chi connectivity index (χ2n) is 7.81. The van der Waals surface area contributed by atoms with Gasteiger partial charge in [0.15, 0.2) is 0 Å². The molecule has 8 nitrogen and oxygen atoms in total. The van der Waals surface area contributed by atoms with Crippen molar-refractivity contribution in [3.63, 3.8) is 0 Å². The number of hydrogen-bond donors (Lipinski definition) is 2. The van der Waals surface area contributed by atoms with Crippen LogP contribution < -0.4 is 0 Å². The zero-order valence-electron chi connectivity index (χ0n) is 19.5. The highest BCUT2D eigenvalue weighted by atomic mass is 32.1. The number of ether oxygens (including phenoxy) is 1. The van der Waals surface area contributed by atoms with Gasteiger partial charge in [-0.15, -0.1) is 0 Å². The number of aromatic nitrogens is 2. The third-order valence-corrected chi connectivity index (χ3v) is 5.57. The highest BCUT2D eigenvalue weighted by Gasteiger charge is 2.38. The molecule has 2 N–H and O–H groups in total. The number of aliphatic carboxylic acids is 2. The zero-order chi connectivity index (χ0) is 28.3. The summed E-state index contributed by atoms with van der Waals surface area (Å²) in [6, 6.07) is 12.5. The van der Waals surface area contributed by atoms with Gasteiger partial charge < -0.3 is 19.5 Å². The van der Waals surface area contributed by atoms with Gasteiger partial charge in [0.1, 0.15) is 0 Å². The highest BCUT2D eigenvalue weighted by Crippen LogP contribution is 2.19. The number of carboxylic acids is 2. The van der Waals surface area contributed by atoms with E-state index in [1.54, 1.807) is 11.3 Å². The van der Waals surface area contributed by atoms with E-state index >= 15 is 0 Å². The maximum Gasteiger partial charge on any atom is 0.490 e. The average molecular weight is 568 g/mol. The summed E-state index contributed by atoms with van der Waals surface area (Å²) < 4.78 is 72.0. The summed E-state index contributed by atoms with van der Waals surface area (Å²) in [4.78, 5) is 24.6.